The Bertz CT molecular complexity index is 1100. The lowest BCUT2D eigenvalue weighted by Crippen LogP contribution is -2.26. The second kappa shape index (κ2) is 8.87. The third-order valence-corrected chi connectivity index (χ3v) is 5.04. The Labute approximate surface area is 179 Å². The molecule has 4 rings (SSSR count). The van der Waals surface area contributed by atoms with Gasteiger partial charge in [0.15, 0.2) is 11.5 Å². The molecule has 31 heavy (non-hydrogen) atoms. The van der Waals surface area contributed by atoms with E-state index in [4.69, 9.17) is 9.47 Å². The first-order valence-corrected chi connectivity index (χ1v) is 9.95. The Hall–Kier alpha value is -3.87. The minimum atomic E-state index is -1.07. The number of rotatable bonds is 8. The minimum Gasteiger partial charge on any atom is -0.493 e. The fourth-order valence-electron chi connectivity index (χ4n) is 3.19. The zero-order chi connectivity index (χ0) is 21.8. The molecule has 7 heteroatoms. The van der Waals surface area contributed by atoms with Crippen LogP contribution in [0.5, 0.6) is 11.5 Å². The van der Waals surface area contributed by atoms with Crippen molar-refractivity contribution < 1.29 is 24.2 Å². The van der Waals surface area contributed by atoms with Gasteiger partial charge in [-0.15, -0.1) is 0 Å². The number of anilines is 2. The molecule has 0 spiro atoms. The Kier molecular flexibility index (Phi) is 5.84. The molecule has 1 aliphatic rings. The Morgan fingerprint density at radius 2 is 1.81 bits per heavy atom. The number of pyridine rings is 1. The quantitative estimate of drug-likeness (QED) is 0.577. The fourth-order valence-corrected chi connectivity index (χ4v) is 3.19. The Morgan fingerprint density at radius 1 is 1.03 bits per heavy atom. The van der Waals surface area contributed by atoms with Gasteiger partial charge >= 0.3 is 5.97 Å². The van der Waals surface area contributed by atoms with Gasteiger partial charge in [0.05, 0.1) is 36.2 Å². The molecule has 158 valence electrons. The van der Waals surface area contributed by atoms with E-state index in [-0.39, 0.29) is 11.5 Å². The molecule has 7 nitrogen and oxygen atoms in total. The number of aromatic carboxylic acids is 1. The van der Waals surface area contributed by atoms with Gasteiger partial charge in [0, 0.05) is 18.5 Å². The number of carboxylic acid groups (broad SMARTS) is 1. The molecule has 1 N–H and O–H groups in total. The Balaban J connectivity index is 1.78. The van der Waals surface area contributed by atoms with Gasteiger partial charge in [0.25, 0.3) is 5.91 Å². The van der Waals surface area contributed by atoms with Gasteiger partial charge in [-0.2, -0.15) is 0 Å². The molecular formula is C24H22N2O5. The number of methoxy groups -OCH3 is 1. The first kappa shape index (κ1) is 20.4. The van der Waals surface area contributed by atoms with E-state index >= 15 is 0 Å². The number of carbonyl (C=O) groups excluding carboxylic acids is 1. The number of amides is 1. The van der Waals surface area contributed by atoms with Gasteiger partial charge in [-0.05, 0) is 61.2 Å². The van der Waals surface area contributed by atoms with Crippen molar-refractivity contribution in [3.05, 3.63) is 78.1 Å². The number of ether oxygens (including phenoxy) is 2. The summed E-state index contributed by atoms with van der Waals surface area (Å²) in [4.78, 5) is 30.4. The van der Waals surface area contributed by atoms with Crippen LogP contribution in [0.3, 0.4) is 0 Å². The second-order valence-corrected chi connectivity index (χ2v) is 7.33. The molecule has 1 fully saturated rings. The van der Waals surface area contributed by atoms with E-state index in [9.17, 15) is 14.7 Å². The molecule has 1 amide bonds. The number of nitrogens with zero attached hydrogens (tertiary/aromatic N) is 2. The molecule has 0 radical (unpaired) electrons. The van der Waals surface area contributed by atoms with E-state index in [0.29, 0.717) is 41.0 Å². The molecule has 3 aromatic rings. The van der Waals surface area contributed by atoms with Crippen LogP contribution in [-0.2, 0) is 0 Å². The maximum atomic E-state index is 13.4. The Morgan fingerprint density at radius 3 is 2.48 bits per heavy atom. The van der Waals surface area contributed by atoms with Gasteiger partial charge < -0.3 is 14.6 Å². The summed E-state index contributed by atoms with van der Waals surface area (Å²) in [5.74, 6) is 0.240. The van der Waals surface area contributed by atoms with Crippen LogP contribution in [0.15, 0.2) is 67.0 Å². The molecule has 0 bridgehead atoms. The SMILES string of the molecule is COc1ccc(N(C(=O)c2cccnc2)c2cccc(C(=O)O)c2)cc1OCC1CC1. The van der Waals surface area contributed by atoms with Gasteiger partial charge in [-0.1, -0.05) is 6.07 Å². The predicted octanol–water partition coefficient (Wildman–Crippen LogP) is 4.56. The molecule has 0 aliphatic heterocycles. The van der Waals surface area contributed by atoms with E-state index in [1.165, 1.54) is 23.2 Å². The van der Waals surface area contributed by atoms with Gasteiger partial charge in [-0.3, -0.25) is 14.7 Å². The van der Waals surface area contributed by atoms with Crippen LogP contribution < -0.4 is 14.4 Å². The third-order valence-electron chi connectivity index (χ3n) is 5.04. The molecule has 0 saturated heterocycles. The van der Waals surface area contributed by atoms with E-state index in [1.807, 2.05) is 0 Å². The van der Waals surface area contributed by atoms with Crippen molar-refractivity contribution in [1.29, 1.82) is 0 Å². The summed E-state index contributed by atoms with van der Waals surface area (Å²) in [5.41, 5.74) is 1.41. The van der Waals surface area contributed by atoms with E-state index < -0.39 is 5.97 Å². The lowest BCUT2D eigenvalue weighted by atomic mass is 10.1. The molecular weight excluding hydrogens is 396 g/mol. The largest absolute Gasteiger partial charge is 0.493 e. The van der Waals surface area contributed by atoms with Crippen LogP contribution in [0.25, 0.3) is 0 Å². The summed E-state index contributed by atoms with van der Waals surface area (Å²) in [5, 5.41) is 9.41. The molecule has 0 unspecified atom stereocenters. The summed E-state index contributed by atoms with van der Waals surface area (Å²) >= 11 is 0. The standard InChI is InChI=1S/C24H22N2O5/c1-30-21-10-9-20(13-22(21)31-15-16-7-8-16)26(23(27)18-5-3-11-25-14-18)19-6-2-4-17(12-19)24(28)29/h2-6,9-14,16H,7-8,15H2,1H3,(H,28,29). The summed E-state index contributed by atoms with van der Waals surface area (Å²) < 4.78 is 11.4. The molecule has 0 atom stereocenters. The number of carbonyl (C=O) groups is 2. The number of hydrogen-bond donors (Lipinski definition) is 1. The predicted molar refractivity (Wildman–Crippen MR) is 115 cm³/mol. The highest BCUT2D eigenvalue weighted by Gasteiger charge is 2.25. The fraction of sp³-hybridized carbons (Fsp3) is 0.208. The van der Waals surface area contributed by atoms with Gasteiger partial charge in [-0.25, -0.2) is 4.79 Å². The topological polar surface area (TPSA) is 89.0 Å². The summed E-state index contributed by atoms with van der Waals surface area (Å²) in [6.07, 6.45) is 5.36. The molecule has 1 aliphatic carbocycles. The first-order valence-electron chi connectivity index (χ1n) is 9.95. The van der Waals surface area contributed by atoms with Crippen LogP contribution in [0, 0.1) is 5.92 Å². The number of hydrogen-bond acceptors (Lipinski definition) is 5. The number of aromatic nitrogens is 1. The molecule has 1 saturated carbocycles. The lowest BCUT2D eigenvalue weighted by molar-refractivity contribution is 0.0696. The lowest BCUT2D eigenvalue weighted by Gasteiger charge is -2.24. The van der Waals surface area contributed by atoms with Crippen molar-refractivity contribution in [3.63, 3.8) is 0 Å². The van der Waals surface area contributed by atoms with Crippen molar-refractivity contribution >= 4 is 23.3 Å². The van der Waals surface area contributed by atoms with Gasteiger partial charge in [0.1, 0.15) is 0 Å². The van der Waals surface area contributed by atoms with E-state index in [1.54, 1.807) is 55.8 Å². The first-order chi connectivity index (χ1) is 15.1. The van der Waals surface area contributed by atoms with Crippen molar-refractivity contribution in [2.24, 2.45) is 5.92 Å². The third kappa shape index (κ3) is 4.66. The maximum absolute atomic E-state index is 13.4. The smallest absolute Gasteiger partial charge is 0.335 e. The van der Waals surface area contributed by atoms with Crippen LogP contribution >= 0.6 is 0 Å². The van der Waals surface area contributed by atoms with E-state index in [2.05, 4.69) is 4.98 Å². The maximum Gasteiger partial charge on any atom is 0.335 e. The monoisotopic (exact) mass is 418 g/mol. The van der Waals surface area contributed by atoms with E-state index in [0.717, 1.165) is 12.8 Å². The second-order valence-electron chi connectivity index (χ2n) is 7.33. The highest BCUT2D eigenvalue weighted by molar-refractivity contribution is 6.11. The average molecular weight is 418 g/mol. The number of carboxylic acids is 1. The summed E-state index contributed by atoms with van der Waals surface area (Å²) in [6.45, 7) is 0.588. The van der Waals surface area contributed by atoms with Crippen molar-refractivity contribution in [2.75, 3.05) is 18.6 Å². The molecule has 2 aromatic carbocycles. The van der Waals surface area contributed by atoms with Crippen LogP contribution in [0.2, 0.25) is 0 Å². The van der Waals surface area contributed by atoms with Crippen LogP contribution in [0.1, 0.15) is 33.6 Å². The molecule has 1 heterocycles. The normalized spacial score (nSPS) is 12.8. The number of benzene rings is 2. The molecule has 1 aromatic heterocycles. The minimum absolute atomic E-state index is 0.0835. The average Bonchev–Trinajstić information content (AvgIpc) is 3.63. The van der Waals surface area contributed by atoms with Crippen molar-refractivity contribution in [1.82, 2.24) is 4.98 Å². The van der Waals surface area contributed by atoms with Crippen molar-refractivity contribution in [2.45, 2.75) is 12.8 Å². The highest BCUT2D eigenvalue weighted by atomic mass is 16.5. The summed E-state index contributed by atoms with van der Waals surface area (Å²) in [6, 6.07) is 14.8. The zero-order valence-corrected chi connectivity index (χ0v) is 17.0. The summed E-state index contributed by atoms with van der Waals surface area (Å²) in [7, 11) is 1.56. The van der Waals surface area contributed by atoms with Crippen molar-refractivity contribution in [3.8, 4) is 11.5 Å². The van der Waals surface area contributed by atoms with Crippen LogP contribution in [-0.4, -0.2) is 35.7 Å². The van der Waals surface area contributed by atoms with Gasteiger partial charge in [0.2, 0.25) is 0 Å². The van der Waals surface area contributed by atoms with Crippen LogP contribution in [0.4, 0.5) is 11.4 Å². The highest BCUT2D eigenvalue weighted by Crippen LogP contribution is 2.37. The zero-order valence-electron chi connectivity index (χ0n) is 17.0.